The van der Waals surface area contributed by atoms with Gasteiger partial charge in [-0.3, -0.25) is 14.2 Å². The van der Waals surface area contributed by atoms with Crippen molar-refractivity contribution < 1.29 is 9.32 Å². The molecule has 0 spiro atoms. The minimum absolute atomic E-state index is 0.0113. The zero-order valence-corrected chi connectivity index (χ0v) is 21.7. The Morgan fingerprint density at radius 1 is 1.11 bits per heavy atom. The van der Waals surface area contributed by atoms with Gasteiger partial charge in [0.05, 0.1) is 29.2 Å². The van der Waals surface area contributed by atoms with Gasteiger partial charge in [-0.25, -0.2) is 4.98 Å². The van der Waals surface area contributed by atoms with Crippen molar-refractivity contribution >= 4 is 22.8 Å². The Bertz CT molecular complexity index is 1450. The van der Waals surface area contributed by atoms with Crippen LogP contribution in [-0.4, -0.2) is 40.2 Å². The molecule has 1 aliphatic rings. The Morgan fingerprint density at radius 2 is 1.89 bits per heavy atom. The van der Waals surface area contributed by atoms with Crippen LogP contribution in [-0.2, 0) is 17.8 Å². The van der Waals surface area contributed by atoms with Crippen LogP contribution in [0.1, 0.15) is 41.0 Å². The van der Waals surface area contributed by atoms with Gasteiger partial charge in [-0.15, -0.1) is 0 Å². The fourth-order valence-corrected chi connectivity index (χ4v) is 5.12. The number of nitrogens with one attached hydrogen (secondary N) is 1. The summed E-state index contributed by atoms with van der Waals surface area (Å²) >= 11 is 0. The third kappa shape index (κ3) is 5.28. The summed E-state index contributed by atoms with van der Waals surface area (Å²) in [5.41, 5.74) is 5.60. The Morgan fingerprint density at radius 3 is 2.65 bits per heavy atom. The molecule has 3 heterocycles. The topological polar surface area (TPSA) is 93.3 Å². The molecule has 1 saturated heterocycles. The summed E-state index contributed by atoms with van der Waals surface area (Å²) in [4.78, 5) is 33.5. The van der Waals surface area contributed by atoms with E-state index in [1.54, 1.807) is 4.57 Å². The molecule has 2 aromatic heterocycles. The monoisotopic (exact) mass is 499 g/mol. The molecular weight excluding hydrogens is 466 g/mol. The number of anilines is 1. The fraction of sp³-hybridized carbons (Fsp3) is 0.379. The van der Waals surface area contributed by atoms with Gasteiger partial charge in [0.2, 0.25) is 5.91 Å². The van der Waals surface area contributed by atoms with Crippen LogP contribution >= 0.6 is 0 Å². The summed E-state index contributed by atoms with van der Waals surface area (Å²) < 4.78 is 7.02. The summed E-state index contributed by atoms with van der Waals surface area (Å²) in [5, 5.41) is 7.05. The van der Waals surface area contributed by atoms with Crippen LogP contribution in [0.15, 0.2) is 57.8 Å². The first kappa shape index (κ1) is 24.7. The number of para-hydroxylation sites is 2. The van der Waals surface area contributed by atoms with E-state index in [0.717, 1.165) is 46.5 Å². The van der Waals surface area contributed by atoms with E-state index in [4.69, 9.17) is 9.51 Å². The highest BCUT2D eigenvalue weighted by atomic mass is 16.5. The Kier molecular flexibility index (Phi) is 7.08. The third-order valence-electron chi connectivity index (χ3n) is 7.24. The predicted molar refractivity (Wildman–Crippen MR) is 144 cm³/mol. The Balaban J connectivity index is 1.35. The summed E-state index contributed by atoms with van der Waals surface area (Å²) in [5.74, 6) is 1.02. The average Bonchev–Trinajstić information content (AvgIpc) is 3.23. The number of nitrogens with zero attached hydrogens (tertiary/aromatic N) is 4. The molecule has 1 amide bonds. The SMILES string of the molecule is Cc1ccc(Cn2c(=O)c(N3CCC[C@H](C(=O)NCCc4c(C)noc4C)C3)nc3ccccc32)cc1. The highest BCUT2D eigenvalue weighted by molar-refractivity contribution is 5.80. The predicted octanol–water partition coefficient (Wildman–Crippen LogP) is 3.93. The fourth-order valence-electron chi connectivity index (χ4n) is 5.12. The third-order valence-corrected chi connectivity index (χ3v) is 7.24. The van der Waals surface area contributed by atoms with Gasteiger partial charge in [-0.2, -0.15) is 0 Å². The second-order valence-corrected chi connectivity index (χ2v) is 9.93. The van der Waals surface area contributed by atoms with Crippen molar-refractivity contribution in [1.29, 1.82) is 0 Å². The van der Waals surface area contributed by atoms with Crippen molar-refractivity contribution in [2.45, 2.75) is 46.6 Å². The molecular formula is C29H33N5O3. The van der Waals surface area contributed by atoms with E-state index in [0.29, 0.717) is 38.4 Å². The van der Waals surface area contributed by atoms with Crippen LogP contribution < -0.4 is 15.8 Å². The number of hydrogen-bond donors (Lipinski definition) is 1. The van der Waals surface area contributed by atoms with Crippen molar-refractivity contribution in [1.82, 2.24) is 20.0 Å². The number of rotatable bonds is 7. The van der Waals surface area contributed by atoms with E-state index < -0.39 is 0 Å². The number of aryl methyl sites for hydroxylation is 3. The summed E-state index contributed by atoms with van der Waals surface area (Å²) in [6.45, 7) is 8.02. The van der Waals surface area contributed by atoms with Crippen molar-refractivity contribution in [3.8, 4) is 0 Å². The Hall–Kier alpha value is -3.94. The first-order valence-corrected chi connectivity index (χ1v) is 12.9. The van der Waals surface area contributed by atoms with Gasteiger partial charge in [0, 0.05) is 25.2 Å². The van der Waals surface area contributed by atoms with Crippen LogP contribution in [0.2, 0.25) is 0 Å². The maximum Gasteiger partial charge on any atom is 0.294 e. The lowest BCUT2D eigenvalue weighted by atomic mass is 9.97. The van der Waals surface area contributed by atoms with Crippen LogP contribution in [0.5, 0.6) is 0 Å². The number of benzene rings is 2. The molecule has 1 aliphatic heterocycles. The molecule has 0 bridgehead atoms. The molecule has 8 nitrogen and oxygen atoms in total. The molecule has 0 radical (unpaired) electrons. The van der Waals surface area contributed by atoms with E-state index in [9.17, 15) is 9.59 Å². The highest BCUT2D eigenvalue weighted by Crippen LogP contribution is 2.22. The lowest BCUT2D eigenvalue weighted by molar-refractivity contribution is -0.125. The van der Waals surface area contributed by atoms with Crippen molar-refractivity contribution in [2.24, 2.45) is 5.92 Å². The lowest BCUT2D eigenvalue weighted by Crippen LogP contribution is -2.46. The Labute approximate surface area is 216 Å². The quantitative estimate of drug-likeness (QED) is 0.414. The number of aromatic nitrogens is 3. The minimum atomic E-state index is -0.198. The average molecular weight is 500 g/mol. The zero-order chi connectivity index (χ0) is 25.9. The largest absolute Gasteiger partial charge is 0.361 e. The normalized spacial score (nSPS) is 15.8. The number of carbonyl (C=O) groups is 1. The number of fused-ring (bicyclic) bond motifs is 1. The maximum absolute atomic E-state index is 13.7. The van der Waals surface area contributed by atoms with Gasteiger partial charge in [-0.05, 0) is 57.7 Å². The zero-order valence-electron chi connectivity index (χ0n) is 21.7. The molecule has 1 fully saturated rings. The molecule has 8 heteroatoms. The molecule has 4 aromatic rings. The molecule has 0 saturated carbocycles. The van der Waals surface area contributed by atoms with E-state index in [1.807, 2.05) is 43.0 Å². The van der Waals surface area contributed by atoms with Crippen LogP contribution in [0.4, 0.5) is 5.82 Å². The number of amides is 1. The van der Waals surface area contributed by atoms with E-state index in [1.165, 1.54) is 5.56 Å². The summed E-state index contributed by atoms with van der Waals surface area (Å²) in [6, 6.07) is 16.0. The van der Waals surface area contributed by atoms with E-state index >= 15 is 0 Å². The van der Waals surface area contributed by atoms with Gasteiger partial charge in [0.25, 0.3) is 5.56 Å². The van der Waals surface area contributed by atoms with Gasteiger partial charge >= 0.3 is 0 Å². The van der Waals surface area contributed by atoms with Crippen LogP contribution in [0.25, 0.3) is 11.0 Å². The number of piperidine rings is 1. The van der Waals surface area contributed by atoms with Crippen LogP contribution in [0.3, 0.4) is 0 Å². The number of hydrogen-bond acceptors (Lipinski definition) is 6. The second kappa shape index (κ2) is 10.6. The maximum atomic E-state index is 13.7. The number of carbonyl (C=O) groups excluding carboxylic acids is 1. The van der Waals surface area contributed by atoms with E-state index in [2.05, 4.69) is 41.7 Å². The molecule has 37 heavy (non-hydrogen) atoms. The minimum Gasteiger partial charge on any atom is -0.361 e. The van der Waals surface area contributed by atoms with E-state index in [-0.39, 0.29) is 17.4 Å². The van der Waals surface area contributed by atoms with Gasteiger partial charge in [0.1, 0.15) is 5.76 Å². The first-order valence-electron chi connectivity index (χ1n) is 12.9. The highest BCUT2D eigenvalue weighted by Gasteiger charge is 2.28. The van der Waals surface area contributed by atoms with Gasteiger partial charge in [-0.1, -0.05) is 47.1 Å². The van der Waals surface area contributed by atoms with Crippen molar-refractivity contribution in [2.75, 3.05) is 24.5 Å². The molecule has 1 N–H and O–H groups in total. The molecule has 0 aliphatic carbocycles. The van der Waals surface area contributed by atoms with Crippen molar-refractivity contribution in [3.63, 3.8) is 0 Å². The molecule has 2 aromatic carbocycles. The molecule has 192 valence electrons. The standard InChI is InChI=1S/C29H33N5O3/c1-19-10-12-22(13-11-19)17-34-26-9-5-4-8-25(26)31-27(29(34)36)33-16-6-7-23(18-33)28(35)30-15-14-24-20(2)32-37-21(24)3/h4-5,8-13,23H,6-7,14-18H2,1-3H3,(H,30,35)/t23-/m0/s1. The van der Waals surface area contributed by atoms with Gasteiger partial charge in [0.15, 0.2) is 5.82 Å². The smallest absolute Gasteiger partial charge is 0.294 e. The van der Waals surface area contributed by atoms with Crippen LogP contribution in [0, 0.1) is 26.7 Å². The van der Waals surface area contributed by atoms with Crippen molar-refractivity contribution in [3.05, 3.63) is 87.0 Å². The first-order chi connectivity index (χ1) is 17.9. The second-order valence-electron chi connectivity index (χ2n) is 9.93. The summed E-state index contributed by atoms with van der Waals surface area (Å²) in [6.07, 6.45) is 2.30. The molecule has 5 rings (SSSR count). The lowest BCUT2D eigenvalue weighted by Gasteiger charge is -2.32. The molecule has 1 atom stereocenters. The van der Waals surface area contributed by atoms with Gasteiger partial charge < -0.3 is 14.7 Å². The summed E-state index contributed by atoms with van der Waals surface area (Å²) in [7, 11) is 0. The molecule has 0 unspecified atom stereocenters.